The van der Waals surface area contributed by atoms with Crippen molar-refractivity contribution in [3.05, 3.63) is 24.3 Å². The highest BCUT2D eigenvalue weighted by Crippen LogP contribution is 2.26. The fourth-order valence-corrected chi connectivity index (χ4v) is 2.67. The molecule has 2 unspecified atom stereocenters. The maximum Gasteiger partial charge on any atom is 0.161 e. The lowest BCUT2D eigenvalue weighted by Gasteiger charge is -2.32. The third kappa shape index (κ3) is 6.16. The second kappa shape index (κ2) is 10.4. The van der Waals surface area contributed by atoms with Crippen molar-refractivity contribution >= 4 is 5.84 Å². The molecule has 1 saturated heterocycles. The summed E-state index contributed by atoms with van der Waals surface area (Å²) >= 11 is 0. The van der Waals surface area contributed by atoms with Crippen LogP contribution in [0.15, 0.2) is 29.3 Å². The second-order valence-corrected chi connectivity index (χ2v) is 6.75. The quantitative estimate of drug-likeness (QED) is 0.509. The molecule has 1 aromatic rings. The van der Waals surface area contributed by atoms with Crippen LogP contribution in [0.4, 0.5) is 0 Å². The topological polar surface area (TPSA) is 95.3 Å². The van der Waals surface area contributed by atoms with Crippen molar-refractivity contribution in [1.29, 1.82) is 0 Å². The van der Waals surface area contributed by atoms with E-state index < -0.39 is 0 Å². The molecule has 0 radical (unpaired) electrons. The molecule has 0 spiro atoms. The van der Waals surface area contributed by atoms with E-state index in [0.29, 0.717) is 32.3 Å². The Hall–Kier alpha value is -1.83. The lowest BCUT2D eigenvalue weighted by molar-refractivity contribution is -0.0473. The Morgan fingerprint density at radius 1 is 1.31 bits per heavy atom. The molecule has 7 heteroatoms. The predicted molar refractivity (Wildman–Crippen MR) is 104 cm³/mol. The number of rotatable bonds is 9. The summed E-state index contributed by atoms with van der Waals surface area (Å²) in [6.45, 7) is 9.83. The van der Waals surface area contributed by atoms with Crippen LogP contribution in [0.2, 0.25) is 0 Å². The summed E-state index contributed by atoms with van der Waals surface area (Å²) < 4.78 is 17.3. The van der Waals surface area contributed by atoms with Gasteiger partial charge < -0.3 is 25.7 Å². The average Bonchev–Trinajstić information content (AvgIpc) is 2.65. The molecule has 0 aromatic heterocycles. The van der Waals surface area contributed by atoms with Crippen LogP contribution in [-0.4, -0.2) is 62.5 Å². The van der Waals surface area contributed by atoms with Gasteiger partial charge in [-0.2, -0.15) is 0 Å². The molecule has 0 amide bonds. The number of hydrogen-bond acceptors (Lipinski definition) is 6. The van der Waals surface area contributed by atoms with Crippen LogP contribution < -0.4 is 20.9 Å². The lowest BCUT2D eigenvalue weighted by atomic mass is 10.1. The van der Waals surface area contributed by atoms with Crippen LogP contribution >= 0.6 is 0 Å². The maximum absolute atomic E-state index is 6.02. The normalized spacial score (nSPS) is 20.2. The standard InChI is InChI=1S/C19H32N4O3/c1-4-24-16-7-5-6-8-17(16)26-12-15-11-23(9-10-25-15)13-22-19(21)18(20)14(2)3/h5-8,14-15,18H,4,9-13,20H2,1-3H3,(H2,21,22). The Kier molecular flexibility index (Phi) is 8.15. The molecule has 1 aliphatic heterocycles. The average molecular weight is 364 g/mol. The molecule has 0 saturated carbocycles. The van der Waals surface area contributed by atoms with Gasteiger partial charge in [-0.3, -0.25) is 9.89 Å². The summed E-state index contributed by atoms with van der Waals surface area (Å²) in [5.74, 6) is 2.27. The van der Waals surface area contributed by atoms with Crippen LogP contribution in [0.5, 0.6) is 11.5 Å². The van der Waals surface area contributed by atoms with Crippen molar-refractivity contribution in [3.63, 3.8) is 0 Å². The summed E-state index contributed by atoms with van der Waals surface area (Å²) in [6, 6.07) is 7.47. The summed E-state index contributed by atoms with van der Waals surface area (Å²) in [5, 5.41) is 0. The first-order chi connectivity index (χ1) is 12.5. The number of aliphatic imine (C=N–C) groups is 1. The fraction of sp³-hybridized carbons (Fsp3) is 0.632. The van der Waals surface area contributed by atoms with Crippen molar-refractivity contribution in [2.24, 2.45) is 22.4 Å². The van der Waals surface area contributed by atoms with E-state index in [4.69, 9.17) is 25.7 Å². The molecule has 2 rings (SSSR count). The van der Waals surface area contributed by atoms with Gasteiger partial charge in [0.15, 0.2) is 11.5 Å². The van der Waals surface area contributed by atoms with Crippen LogP contribution in [0, 0.1) is 5.92 Å². The van der Waals surface area contributed by atoms with Gasteiger partial charge in [0.05, 0.1) is 25.9 Å². The van der Waals surface area contributed by atoms with Gasteiger partial charge in [0, 0.05) is 13.1 Å². The summed E-state index contributed by atoms with van der Waals surface area (Å²) in [7, 11) is 0. The van der Waals surface area contributed by atoms with Gasteiger partial charge in [-0.25, -0.2) is 0 Å². The van der Waals surface area contributed by atoms with E-state index in [1.54, 1.807) is 0 Å². The molecule has 1 fully saturated rings. The van der Waals surface area contributed by atoms with E-state index in [-0.39, 0.29) is 18.1 Å². The molecule has 1 heterocycles. The van der Waals surface area contributed by atoms with Gasteiger partial charge in [0.1, 0.15) is 18.5 Å². The van der Waals surface area contributed by atoms with Crippen molar-refractivity contribution < 1.29 is 14.2 Å². The van der Waals surface area contributed by atoms with Crippen LogP contribution in [0.25, 0.3) is 0 Å². The number of nitrogens with two attached hydrogens (primary N) is 2. The molecule has 4 N–H and O–H groups in total. The minimum absolute atomic E-state index is 0.0198. The van der Waals surface area contributed by atoms with Gasteiger partial charge in [-0.15, -0.1) is 0 Å². The van der Waals surface area contributed by atoms with Crippen LogP contribution in [0.3, 0.4) is 0 Å². The second-order valence-electron chi connectivity index (χ2n) is 6.75. The van der Waals surface area contributed by atoms with Crippen molar-refractivity contribution in [2.45, 2.75) is 32.9 Å². The number of amidine groups is 1. The van der Waals surface area contributed by atoms with Crippen molar-refractivity contribution in [1.82, 2.24) is 4.90 Å². The Morgan fingerprint density at radius 3 is 2.65 bits per heavy atom. The number of hydrogen-bond donors (Lipinski definition) is 2. The highest BCUT2D eigenvalue weighted by molar-refractivity contribution is 5.85. The van der Waals surface area contributed by atoms with E-state index in [9.17, 15) is 0 Å². The molecule has 1 aromatic carbocycles. The first-order valence-corrected chi connectivity index (χ1v) is 9.25. The third-order valence-corrected chi connectivity index (χ3v) is 4.31. The zero-order valence-corrected chi connectivity index (χ0v) is 16.1. The summed E-state index contributed by atoms with van der Waals surface area (Å²) in [5.41, 5.74) is 12.0. The van der Waals surface area contributed by atoms with E-state index in [1.165, 1.54) is 0 Å². The molecule has 2 atom stereocenters. The molecule has 0 bridgehead atoms. The number of nitrogens with zero attached hydrogens (tertiary/aromatic N) is 2. The zero-order chi connectivity index (χ0) is 18.9. The third-order valence-electron chi connectivity index (χ3n) is 4.31. The SMILES string of the molecule is CCOc1ccccc1OCC1CN(C/N=C(\N)C(N)C(C)C)CCO1. The van der Waals surface area contributed by atoms with Crippen molar-refractivity contribution in [2.75, 3.05) is 39.6 Å². The van der Waals surface area contributed by atoms with E-state index in [2.05, 4.69) is 9.89 Å². The first-order valence-electron chi connectivity index (χ1n) is 9.25. The maximum atomic E-state index is 6.02. The number of morpholine rings is 1. The number of benzene rings is 1. The first kappa shape index (κ1) is 20.5. The largest absolute Gasteiger partial charge is 0.490 e. The molecule has 0 aliphatic carbocycles. The molecule has 1 aliphatic rings. The molecule has 7 nitrogen and oxygen atoms in total. The van der Waals surface area contributed by atoms with Gasteiger partial charge in [-0.1, -0.05) is 26.0 Å². The summed E-state index contributed by atoms with van der Waals surface area (Å²) in [6.07, 6.45) is -0.0198. The molecular formula is C19H32N4O3. The van der Waals surface area contributed by atoms with Crippen molar-refractivity contribution in [3.8, 4) is 11.5 Å². The van der Waals surface area contributed by atoms with E-state index in [0.717, 1.165) is 24.6 Å². The van der Waals surface area contributed by atoms with Gasteiger partial charge >= 0.3 is 0 Å². The number of ether oxygens (including phenoxy) is 3. The minimum atomic E-state index is -0.203. The van der Waals surface area contributed by atoms with E-state index >= 15 is 0 Å². The predicted octanol–water partition coefficient (Wildman–Crippen LogP) is 1.46. The Bertz CT molecular complexity index is 580. The van der Waals surface area contributed by atoms with Crippen LogP contribution in [-0.2, 0) is 4.74 Å². The van der Waals surface area contributed by atoms with Crippen LogP contribution in [0.1, 0.15) is 20.8 Å². The monoisotopic (exact) mass is 364 g/mol. The minimum Gasteiger partial charge on any atom is -0.490 e. The Balaban J connectivity index is 1.84. The van der Waals surface area contributed by atoms with E-state index in [1.807, 2.05) is 45.0 Å². The zero-order valence-electron chi connectivity index (χ0n) is 16.1. The fourth-order valence-electron chi connectivity index (χ4n) is 2.67. The lowest BCUT2D eigenvalue weighted by Crippen LogP contribution is -2.46. The molecular weight excluding hydrogens is 332 g/mol. The summed E-state index contributed by atoms with van der Waals surface area (Å²) in [4.78, 5) is 6.64. The van der Waals surface area contributed by atoms with Gasteiger partial charge in [-0.05, 0) is 25.0 Å². The van der Waals surface area contributed by atoms with Gasteiger partial charge in [0.25, 0.3) is 0 Å². The smallest absolute Gasteiger partial charge is 0.161 e. The number of para-hydroxylation sites is 2. The highest BCUT2D eigenvalue weighted by Gasteiger charge is 2.22. The molecule has 26 heavy (non-hydrogen) atoms. The van der Waals surface area contributed by atoms with Gasteiger partial charge in [0.2, 0.25) is 0 Å². The Morgan fingerprint density at radius 2 is 2.00 bits per heavy atom. The molecule has 146 valence electrons. The Labute approximate surface area is 156 Å². The highest BCUT2D eigenvalue weighted by atomic mass is 16.5.